The number of hydrogen-bond acceptors (Lipinski definition) is 5. The number of anilines is 1. The van der Waals surface area contributed by atoms with Crippen LogP contribution < -0.4 is 5.32 Å². The minimum Gasteiger partial charge on any atom is -0.324 e. The maximum absolute atomic E-state index is 12.9. The van der Waals surface area contributed by atoms with E-state index >= 15 is 0 Å². The number of nitrogens with zero attached hydrogens (tertiary/aromatic N) is 2. The second-order valence-electron chi connectivity index (χ2n) is 6.67. The maximum atomic E-state index is 12.9. The fraction of sp³-hybridized carbons (Fsp3) is 0.0870. The highest BCUT2D eigenvalue weighted by atomic mass is 16.2. The summed E-state index contributed by atoms with van der Waals surface area (Å²) in [7, 11) is 0. The normalized spacial score (nSPS) is 10.7. The molecule has 7 heteroatoms. The Labute approximate surface area is 172 Å². The first-order valence-electron chi connectivity index (χ1n) is 9.45. The number of Topliss-reactive ketones (excluding diaryl/α,β-unsaturated/α-hetero) is 1. The van der Waals surface area contributed by atoms with Gasteiger partial charge in [0.25, 0.3) is 5.91 Å². The molecule has 0 aliphatic rings. The van der Waals surface area contributed by atoms with E-state index in [1.807, 2.05) is 6.07 Å². The van der Waals surface area contributed by atoms with Crippen molar-refractivity contribution in [1.29, 1.82) is 0 Å². The third-order valence-corrected chi connectivity index (χ3v) is 4.64. The molecule has 0 aliphatic carbocycles. The molecule has 0 bridgehead atoms. The lowest BCUT2D eigenvalue weighted by Gasteiger charge is -2.03. The largest absolute Gasteiger partial charge is 0.324 e. The molecule has 7 nitrogen and oxygen atoms in total. The van der Waals surface area contributed by atoms with Crippen molar-refractivity contribution in [1.82, 2.24) is 15.0 Å². The summed E-state index contributed by atoms with van der Waals surface area (Å²) in [6, 6.07) is 16.9. The van der Waals surface area contributed by atoms with E-state index in [0.29, 0.717) is 40.1 Å². The number of ketones is 2. The zero-order valence-corrected chi connectivity index (χ0v) is 16.2. The van der Waals surface area contributed by atoms with Gasteiger partial charge in [-0.15, -0.1) is 0 Å². The Morgan fingerprint density at radius 1 is 0.933 bits per heavy atom. The van der Waals surface area contributed by atoms with Crippen LogP contribution in [-0.2, 0) is 0 Å². The van der Waals surface area contributed by atoms with Crippen LogP contribution in [0.1, 0.15) is 50.1 Å². The van der Waals surface area contributed by atoms with Gasteiger partial charge in [-0.1, -0.05) is 25.1 Å². The number of nitrogens with one attached hydrogen (secondary N) is 2. The molecule has 0 saturated heterocycles. The maximum Gasteiger partial charge on any atom is 0.257 e. The van der Waals surface area contributed by atoms with E-state index in [0.717, 1.165) is 0 Å². The van der Waals surface area contributed by atoms with Gasteiger partial charge in [-0.05, 0) is 42.5 Å². The van der Waals surface area contributed by atoms with Gasteiger partial charge in [0.05, 0.1) is 11.0 Å². The molecule has 4 rings (SSSR count). The van der Waals surface area contributed by atoms with Crippen molar-refractivity contribution < 1.29 is 14.4 Å². The van der Waals surface area contributed by atoms with E-state index in [-0.39, 0.29) is 23.2 Å². The van der Waals surface area contributed by atoms with Crippen LogP contribution >= 0.6 is 0 Å². The molecule has 0 spiro atoms. The molecule has 0 aliphatic heterocycles. The summed E-state index contributed by atoms with van der Waals surface area (Å²) in [5.41, 5.74) is 2.85. The molecule has 30 heavy (non-hydrogen) atoms. The lowest BCUT2D eigenvalue weighted by Crippen LogP contribution is -2.12. The van der Waals surface area contributed by atoms with E-state index in [1.165, 1.54) is 12.3 Å². The number of amides is 1. The van der Waals surface area contributed by atoms with Crippen molar-refractivity contribution in [3.05, 3.63) is 89.2 Å². The van der Waals surface area contributed by atoms with E-state index in [2.05, 4.69) is 20.3 Å². The van der Waals surface area contributed by atoms with Gasteiger partial charge in [-0.2, -0.15) is 0 Å². The number of fused-ring (bicyclic) bond motifs is 1. The van der Waals surface area contributed by atoms with Crippen LogP contribution in [0.2, 0.25) is 0 Å². The zero-order valence-electron chi connectivity index (χ0n) is 16.2. The van der Waals surface area contributed by atoms with Crippen molar-refractivity contribution in [2.45, 2.75) is 13.3 Å². The smallest absolute Gasteiger partial charge is 0.257 e. The fourth-order valence-electron chi connectivity index (χ4n) is 3.05. The van der Waals surface area contributed by atoms with Crippen LogP contribution in [0.5, 0.6) is 0 Å². The predicted octanol–water partition coefficient (Wildman–Crippen LogP) is 4.03. The number of carbonyl (C=O) groups excluding carboxylic acids is 3. The molecule has 0 fully saturated rings. The van der Waals surface area contributed by atoms with Gasteiger partial charge < -0.3 is 4.98 Å². The molecular weight excluding hydrogens is 380 g/mol. The van der Waals surface area contributed by atoms with Crippen LogP contribution in [-0.4, -0.2) is 32.4 Å². The van der Waals surface area contributed by atoms with Crippen molar-refractivity contribution in [3.63, 3.8) is 0 Å². The van der Waals surface area contributed by atoms with Gasteiger partial charge in [-0.25, -0.2) is 4.98 Å². The SMILES string of the molecule is CCC(=O)c1cc(C(=O)c2ccc3nc(NC(=O)c4ccccc4)[nH]c3c2)ccn1. The van der Waals surface area contributed by atoms with Gasteiger partial charge in [0.2, 0.25) is 5.95 Å². The number of H-pyrrole nitrogens is 1. The Kier molecular flexibility index (Phi) is 5.17. The lowest BCUT2D eigenvalue weighted by molar-refractivity contribution is 0.0981. The lowest BCUT2D eigenvalue weighted by atomic mass is 10.0. The molecule has 0 unspecified atom stereocenters. The van der Waals surface area contributed by atoms with Crippen molar-refractivity contribution in [3.8, 4) is 0 Å². The molecule has 2 aromatic heterocycles. The molecule has 2 aromatic carbocycles. The van der Waals surface area contributed by atoms with Crippen molar-refractivity contribution in [2.75, 3.05) is 5.32 Å². The van der Waals surface area contributed by atoms with E-state index in [9.17, 15) is 14.4 Å². The van der Waals surface area contributed by atoms with Gasteiger partial charge >= 0.3 is 0 Å². The quantitative estimate of drug-likeness (QED) is 0.477. The molecular formula is C23H18N4O3. The van der Waals surface area contributed by atoms with Crippen LogP contribution in [0.3, 0.4) is 0 Å². The molecule has 2 heterocycles. The van der Waals surface area contributed by atoms with Crippen molar-refractivity contribution in [2.24, 2.45) is 0 Å². The highest BCUT2D eigenvalue weighted by Crippen LogP contribution is 2.19. The third kappa shape index (κ3) is 3.86. The topological polar surface area (TPSA) is 105 Å². The average molecular weight is 398 g/mol. The average Bonchev–Trinajstić information content (AvgIpc) is 3.20. The molecule has 148 valence electrons. The fourth-order valence-corrected chi connectivity index (χ4v) is 3.05. The van der Waals surface area contributed by atoms with Gasteiger partial charge in [0, 0.05) is 29.3 Å². The number of imidazole rings is 1. The van der Waals surface area contributed by atoms with E-state index in [4.69, 9.17) is 0 Å². The number of hydrogen-bond donors (Lipinski definition) is 2. The summed E-state index contributed by atoms with van der Waals surface area (Å²) in [5.74, 6) is -0.333. The summed E-state index contributed by atoms with van der Waals surface area (Å²) >= 11 is 0. The standard InChI is InChI=1S/C23H18N4O3/c1-2-20(28)19-13-16(10-11-24-19)21(29)15-8-9-17-18(12-15)26-23(25-17)27-22(30)14-6-4-3-5-7-14/h3-13H,2H2,1H3,(H2,25,26,27,30). The van der Waals surface area contributed by atoms with Gasteiger partial charge in [-0.3, -0.25) is 24.7 Å². The number of pyridine rings is 1. The number of aromatic amines is 1. The Hall–Kier alpha value is -4.13. The van der Waals surface area contributed by atoms with Gasteiger partial charge in [0.1, 0.15) is 5.69 Å². The third-order valence-electron chi connectivity index (χ3n) is 4.64. The van der Waals surface area contributed by atoms with E-state index in [1.54, 1.807) is 55.5 Å². The van der Waals surface area contributed by atoms with Crippen LogP contribution in [0.15, 0.2) is 66.9 Å². The summed E-state index contributed by atoms with van der Waals surface area (Å²) in [6.07, 6.45) is 1.78. The van der Waals surface area contributed by atoms with Crippen LogP contribution in [0, 0.1) is 0 Å². The highest BCUT2D eigenvalue weighted by molar-refractivity contribution is 6.11. The summed E-state index contributed by atoms with van der Waals surface area (Å²) in [5, 5.41) is 2.72. The highest BCUT2D eigenvalue weighted by Gasteiger charge is 2.15. The molecule has 0 atom stereocenters. The first-order valence-corrected chi connectivity index (χ1v) is 9.45. The summed E-state index contributed by atoms with van der Waals surface area (Å²) in [4.78, 5) is 48.5. The number of aromatic nitrogens is 3. The number of rotatable bonds is 6. The first kappa shape index (κ1) is 19.2. The Morgan fingerprint density at radius 2 is 1.70 bits per heavy atom. The molecule has 4 aromatic rings. The Bertz CT molecular complexity index is 1260. The monoisotopic (exact) mass is 398 g/mol. The predicted molar refractivity (Wildman–Crippen MR) is 113 cm³/mol. The molecule has 1 amide bonds. The summed E-state index contributed by atoms with van der Waals surface area (Å²) < 4.78 is 0. The first-order chi connectivity index (χ1) is 14.5. The zero-order chi connectivity index (χ0) is 21.1. The minimum absolute atomic E-state index is 0.118. The second kappa shape index (κ2) is 8.08. The second-order valence-corrected chi connectivity index (χ2v) is 6.67. The minimum atomic E-state index is -0.282. The Balaban J connectivity index is 1.59. The van der Waals surface area contributed by atoms with E-state index < -0.39 is 0 Å². The molecule has 0 radical (unpaired) electrons. The number of benzene rings is 2. The van der Waals surface area contributed by atoms with Gasteiger partial charge in [0.15, 0.2) is 11.6 Å². The Morgan fingerprint density at radius 3 is 2.47 bits per heavy atom. The van der Waals surface area contributed by atoms with Crippen LogP contribution in [0.25, 0.3) is 11.0 Å². The van der Waals surface area contributed by atoms with Crippen molar-refractivity contribution >= 4 is 34.5 Å². The number of carbonyl (C=O) groups is 3. The summed E-state index contributed by atoms with van der Waals surface area (Å²) in [6.45, 7) is 1.75. The molecule has 2 N–H and O–H groups in total. The van der Waals surface area contributed by atoms with Crippen LogP contribution in [0.4, 0.5) is 5.95 Å². The molecule has 0 saturated carbocycles.